The summed E-state index contributed by atoms with van der Waals surface area (Å²) in [5.74, 6) is -2.60. The number of carboxylic acid groups (broad SMARTS) is 1. The zero-order chi connectivity index (χ0) is 15.5. The van der Waals surface area contributed by atoms with E-state index in [9.17, 15) is 22.8 Å². The van der Waals surface area contributed by atoms with E-state index in [2.05, 4.69) is 0 Å². The van der Waals surface area contributed by atoms with Gasteiger partial charge in [-0.15, -0.1) is 0 Å². The molecular weight excluding hydrogens is 277 g/mol. The minimum atomic E-state index is -4.69. The van der Waals surface area contributed by atoms with Crippen molar-refractivity contribution in [3.63, 3.8) is 0 Å². The molecule has 1 rings (SSSR count). The van der Waals surface area contributed by atoms with Crippen LogP contribution in [0.1, 0.15) is 15.9 Å². The third-order valence-corrected chi connectivity index (χ3v) is 2.42. The normalized spacial score (nSPS) is 11.2. The number of aryl methyl sites for hydroxylation is 1. The molecule has 1 amide bonds. The van der Waals surface area contributed by atoms with E-state index in [0.717, 1.165) is 0 Å². The van der Waals surface area contributed by atoms with Gasteiger partial charge in [0, 0.05) is 5.69 Å². The summed E-state index contributed by atoms with van der Waals surface area (Å²) in [6.45, 7) is -1.06. The van der Waals surface area contributed by atoms with E-state index < -0.39 is 31.1 Å². The minimum absolute atomic E-state index is 0.00170. The van der Waals surface area contributed by atoms with E-state index in [0.29, 0.717) is 5.56 Å². The van der Waals surface area contributed by atoms with Crippen LogP contribution in [0.2, 0.25) is 0 Å². The number of hydrogen-bond acceptors (Lipinski definition) is 3. The van der Waals surface area contributed by atoms with Crippen LogP contribution in [0, 0.1) is 6.92 Å². The molecule has 0 fully saturated rings. The lowest BCUT2D eigenvalue weighted by Crippen LogP contribution is -2.42. The first-order valence-corrected chi connectivity index (χ1v) is 5.54. The molecule has 20 heavy (non-hydrogen) atoms. The zero-order valence-electron chi connectivity index (χ0n) is 10.6. The topological polar surface area (TPSA) is 83.6 Å². The van der Waals surface area contributed by atoms with E-state index in [1.165, 1.54) is 12.1 Å². The summed E-state index contributed by atoms with van der Waals surface area (Å²) in [4.78, 5) is 22.8. The Balaban J connectivity index is 3.09. The highest BCUT2D eigenvalue weighted by Crippen LogP contribution is 2.21. The number of rotatable bonds is 4. The van der Waals surface area contributed by atoms with Crippen molar-refractivity contribution < 1.29 is 27.9 Å². The van der Waals surface area contributed by atoms with Crippen molar-refractivity contribution in [3.05, 3.63) is 29.3 Å². The van der Waals surface area contributed by atoms with E-state index in [1.807, 2.05) is 0 Å². The van der Waals surface area contributed by atoms with Gasteiger partial charge in [0.05, 0.1) is 5.56 Å². The van der Waals surface area contributed by atoms with Gasteiger partial charge in [-0.3, -0.25) is 9.59 Å². The summed E-state index contributed by atoms with van der Waals surface area (Å²) in [7, 11) is 0. The third-order valence-electron chi connectivity index (χ3n) is 2.42. The fourth-order valence-corrected chi connectivity index (χ4v) is 1.60. The van der Waals surface area contributed by atoms with Gasteiger partial charge >= 0.3 is 12.1 Å². The number of nitrogen functional groups attached to an aromatic ring is 1. The molecule has 0 aliphatic rings. The lowest BCUT2D eigenvalue weighted by Gasteiger charge is -2.23. The van der Waals surface area contributed by atoms with Crippen LogP contribution in [0.4, 0.5) is 18.9 Å². The molecule has 0 radical (unpaired) electrons. The van der Waals surface area contributed by atoms with Crippen molar-refractivity contribution in [1.29, 1.82) is 0 Å². The van der Waals surface area contributed by atoms with Crippen molar-refractivity contribution in [2.24, 2.45) is 0 Å². The highest BCUT2D eigenvalue weighted by molar-refractivity contribution is 6.00. The molecule has 8 heteroatoms. The van der Waals surface area contributed by atoms with Gasteiger partial charge in [-0.05, 0) is 19.1 Å². The molecule has 0 atom stereocenters. The molecule has 0 bridgehead atoms. The Bertz CT molecular complexity index is 529. The first-order chi connectivity index (χ1) is 9.10. The average Bonchev–Trinajstić information content (AvgIpc) is 2.28. The number of halogens is 3. The van der Waals surface area contributed by atoms with Crippen LogP contribution in [-0.4, -0.2) is 41.1 Å². The van der Waals surface area contributed by atoms with Gasteiger partial charge in [0.25, 0.3) is 5.91 Å². The van der Waals surface area contributed by atoms with Crippen LogP contribution in [0.5, 0.6) is 0 Å². The SMILES string of the molecule is Cc1ccc(N)c(C(=O)N(CC(=O)O)CC(F)(F)F)c1. The largest absolute Gasteiger partial charge is 0.480 e. The Morgan fingerprint density at radius 3 is 2.45 bits per heavy atom. The number of alkyl halides is 3. The fourth-order valence-electron chi connectivity index (χ4n) is 1.60. The summed E-state index contributed by atoms with van der Waals surface area (Å²) >= 11 is 0. The Morgan fingerprint density at radius 2 is 1.95 bits per heavy atom. The third kappa shape index (κ3) is 4.45. The molecule has 0 saturated heterocycles. The van der Waals surface area contributed by atoms with Crippen molar-refractivity contribution in [3.8, 4) is 0 Å². The lowest BCUT2D eigenvalue weighted by atomic mass is 10.1. The molecule has 0 spiro atoms. The van der Waals surface area contributed by atoms with Crippen LogP contribution in [0.25, 0.3) is 0 Å². The Morgan fingerprint density at radius 1 is 1.35 bits per heavy atom. The van der Waals surface area contributed by atoms with Crippen LogP contribution < -0.4 is 5.73 Å². The van der Waals surface area contributed by atoms with Crippen molar-refractivity contribution in [1.82, 2.24) is 4.90 Å². The van der Waals surface area contributed by atoms with E-state index in [-0.39, 0.29) is 16.2 Å². The number of amides is 1. The summed E-state index contributed by atoms with van der Waals surface area (Å²) in [5.41, 5.74) is 6.03. The van der Waals surface area contributed by atoms with E-state index in [1.54, 1.807) is 13.0 Å². The fraction of sp³-hybridized carbons (Fsp3) is 0.333. The number of hydrogen-bond donors (Lipinski definition) is 2. The maximum absolute atomic E-state index is 12.4. The Labute approximate surface area is 112 Å². The number of benzene rings is 1. The van der Waals surface area contributed by atoms with Gasteiger partial charge in [0.15, 0.2) is 0 Å². The second kappa shape index (κ2) is 5.81. The lowest BCUT2D eigenvalue weighted by molar-refractivity contribution is -0.149. The van der Waals surface area contributed by atoms with Crippen molar-refractivity contribution >= 4 is 17.6 Å². The van der Waals surface area contributed by atoms with E-state index >= 15 is 0 Å². The number of carbonyl (C=O) groups excluding carboxylic acids is 1. The highest BCUT2D eigenvalue weighted by atomic mass is 19.4. The average molecular weight is 290 g/mol. The minimum Gasteiger partial charge on any atom is -0.480 e. The number of carbonyl (C=O) groups is 2. The summed E-state index contributed by atoms with van der Waals surface area (Å²) in [5, 5.41) is 8.61. The van der Waals surface area contributed by atoms with Gasteiger partial charge in [0.1, 0.15) is 13.1 Å². The molecule has 110 valence electrons. The summed E-state index contributed by atoms with van der Waals surface area (Å²) < 4.78 is 37.2. The molecule has 0 unspecified atom stereocenters. The van der Waals surface area contributed by atoms with Crippen molar-refractivity contribution in [2.75, 3.05) is 18.8 Å². The monoisotopic (exact) mass is 290 g/mol. The predicted octanol–water partition coefficient (Wildman–Crippen LogP) is 1.67. The first-order valence-electron chi connectivity index (χ1n) is 5.54. The highest BCUT2D eigenvalue weighted by Gasteiger charge is 2.34. The van der Waals surface area contributed by atoms with Crippen LogP contribution >= 0.6 is 0 Å². The number of nitrogens with two attached hydrogens (primary N) is 1. The van der Waals surface area contributed by atoms with Gasteiger partial charge in [0.2, 0.25) is 0 Å². The molecule has 5 nitrogen and oxygen atoms in total. The number of nitrogens with zero attached hydrogens (tertiary/aromatic N) is 1. The Hall–Kier alpha value is -2.25. The van der Waals surface area contributed by atoms with Crippen LogP contribution in [-0.2, 0) is 4.79 Å². The molecular formula is C12H13F3N2O3. The maximum atomic E-state index is 12.4. The molecule has 0 saturated carbocycles. The van der Waals surface area contributed by atoms with Gasteiger partial charge < -0.3 is 15.7 Å². The second-order valence-electron chi connectivity index (χ2n) is 4.26. The van der Waals surface area contributed by atoms with Gasteiger partial charge in [-0.25, -0.2) is 0 Å². The second-order valence-corrected chi connectivity index (χ2v) is 4.26. The molecule has 1 aromatic carbocycles. The number of aliphatic carboxylic acids is 1. The molecule has 0 aromatic heterocycles. The number of anilines is 1. The molecule has 3 N–H and O–H groups in total. The maximum Gasteiger partial charge on any atom is 0.406 e. The standard InChI is InChI=1S/C12H13F3N2O3/c1-7-2-3-9(16)8(4-7)11(20)17(5-10(18)19)6-12(13,14)15/h2-4H,5-6,16H2,1H3,(H,18,19). The number of carboxylic acids is 1. The molecule has 0 aliphatic heterocycles. The quantitative estimate of drug-likeness (QED) is 0.826. The molecule has 1 aromatic rings. The first kappa shape index (κ1) is 15.8. The molecule has 0 heterocycles. The van der Waals surface area contributed by atoms with E-state index in [4.69, 9.17) is 10.8 Å². The van der Waals surface area contributed by atoms with Crippen molar-refractivity contribution in [2.45, 2.75) is 13.1 Å². The predicted molar refractivity (Wildman–Crippen MR) is 65.2 cm³/mol. The van der Waals surface area contributed by atoms with Gasteiger partial charge in [-0.2, -0.15) is 13.2 Å². The zero-order valence-corrected chi connectivity index (χ0v) is 10.6. The smallest absolute Gasteiger partial charge is 0.406 e. The Kier molecular flexibility index (Phi) is 4.59. The summed E-state index contributed by atoms with van der Waals surface area (Å²) in [6, 6.07) is 4.30. The van der Waals surface area contributed by atoms with Crippen LogP contribution in [0.15, 0.2) is 18.2 Å². The van der Waals surface area contributed by atoms with Gasteiger partial charge in [-0.1, -0.05) is 11.6 Å². The van der Waals surface area contributed by atoms with Crippen LogP contribution in [0.3, 0.4) is 0 Å². The molecule has 0 aliphatic carbocycles. The summed E-state index contributed by atoms with van der Waals surface area (Å²) in [6.07, 6.45) is -4.69.